The topological polar surface area (TPSA) is 29.1 Å². The Balaban J connectivity index is 2.07. The third kappa shape index (κ3) is 3.78. The normalized spacial score (nSPS) is 11.2. The lowest BCUT2D eigenvalue weighted by molar-refractivity contribution is -0.112. The van der Waals surface area contributed by atoms with Gasteiger partial charge in [-0.15, -0.1) is 0 Å². The molecule has 0 atom stereocenters. The molecule has 0 heterocycles. The molecule has 2 aromatic rings. The van der Waals surface area contributed by atoms with Gasteiger partial charge in [-0.3, -0.25) is 4.79 Å². The summed E-state index contributed by atoms with van der Waals surface area (Å²) in [5.74, 6) is -0.523. The minimum absolute atomic E-state index is 0.199. The highest BCUT2D eigenvalue weighted by Gasteiger charge is 2.04. The molecule has 0 aliphatic heterocycles. The molecule has 0 radical (unpaired) electrons. The zero-order valence-electron chi connectivity index (χ0n) is 10.6. The van der Waals surface area contributed by atoms with Crippen LogP contribution in [0.25, 0.3) is 6.08 Å². The Kier molecular flexibility index (Phi) is 4.08. The van der Waals surface area contributed by atoms with Crippen molar-refractivity contribution in [2.24, 2.45) is 0 Å². The van der Waals surface area contributed by atoms with Crippen molar-refractivity contribution in [2.75, 3.05) is 5.32 Å². The van der Waals surface area contributed by atoms with Crippen molar-refractivity contribution < 1.29 is 9.18 Å². The van der Waals surface area contributed by atoms with E-state index in [0.29, 0.717) is 11.3 Å². The average Bonchev–Trinajstić information content (AvgIpc) is 2.42. The lowest BCUT2D eigenvalue weighted by atomic mass is 10.1. The Morgan fingerprint density at radius 1 is 1.05 bits per heavy atom. The van der Waals surface area contributed by atoms with Gasteiger partial charge in [-0.05, 0) is 42.8 Å². The summed E-state index contributed by atoms with van der Waals surface area (Å²) >= 11 is 0. The molecule has 0 fully saturated rings. The summed E-state index contributed by atoms with van der Waals surface area (Å²) in [7, 11) is 0. The molecule has 0 saturated heterocycles. The fourth-order valence-corrected chi connectivity index (χ4v) is 1.63. The molecule has 2 nitrogen and oxygen atoms in total. The molecule has 2 rings (SSSR count). The van der Waals surface area contributed by atoms with Crippen molar-refractivity contribution in [2.45, 2.75) is 6.92 Å². The van der Waals surface area contributed by atoms with E-state index in [1.165, 1.54) is 24.3 Å². The van der Waals surface area contributed by atoms with Gasteiger partial charge >= 0.3 is 0 Å². The quantitative estimate of drug-likeness (QED) is 0.829. The fraction of sp³-hybridized carbons (Fsp3) is 0.0625. The van der Waals surface area contributed by atoms with Gasteiger partial charge in [0.25, 0.3) is 5.91 Å². The SMILES string of the molecule is C/C(=C\c1ccccc1)C(=O)Nc1ccc(F)cc1. The minimum atomic E-state index is -0.324. The molecule has 3 heteroatoms. The molecular weight excluding hydrogens is 241 g/mol. The highest BCUT2D eigenvalue weighted by atomic mass is 19.1. The van der Waals surface area contributed by atoms with Gasteiger partial charge in [0.1, 0.15) is 5.82 Å². The summed E-state index contributed by atoms with van der Waals surface area (Å²) in [5, 5.41) is 2.72. The molecule has 0 bridgehead atoms. The first-order valence-corrected chi connectivity index (χ1v) is 5.95. The summed E-state index contributed by atoms with van der Waals surface area (Å²) in [6.45, 7) is 1.74. The second kappa shape index (κ2) is 5.96. The lowest BCUT2D eigenvalue weighted by Gasteiger charge is -2.05. The number of rotatable bonds is 3. The van der Waals surface area contributed by atoms with E-state index < -0.39 is 0 Å². The van der Waals surface area contributed by atoms with Crippen molar-refractivity contribution in [3.05, 3.63) is 71.6 Å². The molecular formula is C16H14FNO. The molecule has 0 aliphatic carbocycles. The number of hydrogen-bond acceptors (Lipinski definition) is 1. The number of anilines is 1. The van der Waals surface area contributed by atoms with Crippen molar-refractivity contribution in [1.29, 1.82) is 0 Å². The van der Waals surface area contributed by atoms with Crippen molar-refractivity contribution in [3.63, 3.8) is 0 Å². The van der Waals surface area contributed by atoms with Gasteiger partial charge in [-0.2, -0.15) is 0 Å². The maximum Gasteiger partial charge on any atom is 0.251 e. The highest BCUT2D eigenvalue weighted by Crippen LogP contribution is 2.11. The third-order valence-electron chi connectivity index (χ3n) is 2.64. The molecule has 0 aliphatic rings. The van der Waals surface area contributed by atoms with Gasteiger partial charge in [-0.1, -0.05) is 30.3 Å². The van der Waals surface area contributed by atoms with E-state index in [1.807, 2.05) is 30.3 Å². The van der Waals surface area contributed by atoms with E-state index in [-0.39, 0.29) is 11.7 Å². The maximum atomic E-state index is 12.7. The lowest BCUT2D eigenvalue weighted by Crippen LogP contribution is -2.12. The predicted octanol–water partition coefficient (Wildman–Crippen LogP) is 3.87. The van der Waals surface area contributed by atoms with Gasteiger partial charge in [0, 0.05) is 11.3 Å². The Hall–Kier alpha value is -2.42. The molecule has 1 amide bonds. The standard InChI is InChI=1S/C16H14FNO/c1-12(11-13-5-3-2-4-6-13)16(19)18-15-9-7-14(17)8-10-15/h2-11H,1H3,(H,18,19)/b12-11+. The Bertz CT molecular complexity index is 588. The van der Waals surface area contributed by atoms with Crippen LogP contribution in [0.2, 0.25) is 0 Å². The number of hydrogen-bond donors (Lipinski definition) is 1. The largest absolute Gasteiger partial charge is 0.322 e. The Morgan fingerprint density at radius 3 is 2.32 bits per heavy atom. The number of nitrogens with one attached hydrogen (secondary N) is 1. The number of carbonyl (C=O) groups excluding carboxylic acids is 1. The average molecular weight is 255 g/mol. The summed E-state index contributed by atoms with van der Waals surface area (Å²) in [6.07, 6.45) is 1.80. The van der Waals surface area contributed by atoms with E-state index in [2.05, 4.69) is 5.32 Å². The van der Waals surface area contributed by atoms with Gasteiger partial charge in [0.15, 0.2) is 0 Å². The fourth-order valence-electron chi connectivity index (χ4n) is 1.63. The van der Waals surface area contributed by atoms with Crippen molar-refractivity contribution in [3.8, 4) is 0 Å². The summed E-state index contributed by atoms with van der Waals surface area (Å²) in [5.41, 5.74) is 2.14. The van der Waals surface area contributed by atoms with Crippen LogP contribution < -0.4 is 5.32 Å². The summed E-state index contributed by atoms with van der Waals surface area (Å²) < 4.78 is 12.7. The first-order chi connectivity index (χ1) is 9.15. The summed E-state index contributed by atoms with van der Waals surface area (Å²) in [4.78, 5) is 11.9. The molecule has 0 aromatic heterocycles. The molecule has 2 aromatic carbocycles. The molecule has 96 valence electrons. The maximum absolute atomic E-state index is 12.7. The zero-order chi connectivity index (χ0) is 13.7. The van der Waals surface area contributed by atoms with E-state index in [9.17, 15) is 9.18 Å². The van der Waals surface area contributed by atoms with Crippen LogP contribution in [0.1, 0.15) is 12.5 Å². The monoisotopic (exact) mass is 255 g/mol. The second-order valence-corrected chi connectivity index (χ2v) is 4.20. The van der Waals surface area contributed by atoms with Gasteiger partial charge in [0.05, 0.1) is 0 Å². The van der Waals surface area contributed by atoms with Crippen LogP contribution in [0.4, 0.5) is 10.1 Å². The Labute approximate surface area is 111 Å². The van der Waals surface area contributed by atoms with Crippen LogP contribution >= 0.6 is 0 Å². The Morgan fingerprint density at radius 2 is 1.68 bits per heavy atom. The van der Waals surface area contributed by atoms with Crippen molar-refractivity contribution >= 4 is 17.7 Å². The molecule has 19 heavy (non-hydrogen) atoms. The van der Waals surface area contributed by atoms with E-state index in [4.69, 9.17) is 0 Å². The molecule has 0 unspecified atom stereocenters. The van der Waals surface area contributed by atoms with Gasteiger partial charge in [0.2, 0.25) is 0 Å². The van der Waals surface area contributed by atoms with Crippen LogP contribution in [0.5, 0.6) is 0 Å². The molecule has 0 saturated carbocycles. The van der Waals surface area contributed by atoms with Crippen LogP contribution in [0.3, 0.4) is 0 Å². The number of carbonyl (C=O) groups is 1. The molecule has 1 N–H and O–H groups in total. The minimum Gasteiger partial charge on any atom is -0.322 e. The number of halogens is 1. The molecule has 0 spiro atoms. The van der Waals surface area contributed by atoms with E-state index in [1.54, 1.807) is 13.0 Å². The first-order valence-electron chi connectivity index (χ1n) is 5.95. The van der Waals surface area contributed by atoms with E-state index in [0.717, 1.165) is 5.56 Å². The van der Waals surface area contributed by atoms with Gasteiger partial charge < -0.3 is 5.32 Å². The third-order valence-corrected chi connectivity index (χ3v) is 2.64. The first kappa shape index (κ1) is 13.0. The number of amides is 1. The van der Waals surface area contributed by atoms with Crippen LogP contribution in [0.15, 0.2) is 60.2 Å². The second-order valence-electron chi connectivity index (χ2n) is 4.20. The van der Waals surface area contributed by atoms with Crippen molar-refractivity contribution in [1.82, 2.24) is 0 Å². The smallest absolute Gasteiger partial charge is 0.251 e. The van der Waals surface area contributed by atoms with Crippen LogP contribution in [0, 0.1) is 5.82 Å². The van der Waals surface area contributed by atoms with Gasteiger partial charge in [-0.25, -0.2) is 4.39 Å². The zero-order valence-corrected chi connectivity index (χ0v) is 10.6. The van der Waals surface area contributed by atoms with Crippen LogP contribution in [-0.2, 0) is 4.79 Å². The van der Waals surface area contributed by atoms with Crippen LogP contribution in [-0.4, -0.2) is 5.91 Å². The highest BCUT2D eigenvalue weighted by molar-refractivity contribution is 6.06. The predicted molar refractivity (Wildman–Crippen MR) is 75.1 cm³/mol. The number of benzene rings is 2. The summed E-state index contributed by atoms with van der Waals surface area (Å²) in [6, 6.07) is 15.3. The van der Waals surface area contributed by atoms with E-state index >= 15 is 0 Å².